The molecule has 58 heavy (non-hydrogen) atoms. The Labute approximate surface area is 341 Å². The summed E-state index contributed by atoms with van der Waals surface area (Å²) in [6, 6.07) is 0. The predicted molar refractivity (Wildman–Crippen MR) is 203 cm³/mol. The lowest BCUT2D eigenvalue weighted by molar-refractivity contribution is -0.375. The van der Waals surface area contributed by atoms with E-state index in [0.717, 1.165) is 58.5 Å². The van der Waals surface area contributed by atoms with E-state index in [9.17, 15) is 45.6 Å². The lowest BCUT2D eigenvalue weighted by atomic mass is 9.30. The van der Waals surface area contributed by atoms with Crippen LogP contribution in [0.2, 0.25) is 0 Å². The third-order valence-electron chi connectivity index (χ3n) is 18.8. The summed E-state index contributed by atoms with van der Waals surface area (Å²) in [4.78, 5) is 12.8. The minimum atomic E-state index is -1.81. The Morgan fingerprint density at radius 2 is 1.41 bits per heavy atom. The summed E-state index contributed by atoms with van der Waals surface area (Å²) in [5.41, 5.74) is -1.86. The zero-order valence-electron chi connectivity index (χ0n) is 35.3. The van der Waals surface area contributed by atoms with E-state index in [2.05, 4.69) is 41.5 Å². The molecule has 8 N–H and O–H groups in total. The number of ether oxygens (including phenoxy) is 6. The van der Waals surface area contributed by atoms with Gasteiger partial charge < -0.3 is 69.3 Å². The van der Waals surface area contributed by atoms with Crippen molar-refractivity contribution in [3.8, 4) is 0 Å². The molecule has 15 heteroatoms. The summed E-state index contributed by atoms with van der Waals surface area (Å²) in [7, 11) is 1.14. The molecule has 3 saturated heterocycles. The first-order chi connectivity index (χ1) is 27.1. The average Bonchev–Trinajstić information content (AvgIpc) is 3.47. The van der Waals surface area contributed by atoms with Gasteiger partial charge in [-0.2, -0.15) is 0 Å². The normalized spacial score (nSPS) is 57.3. The van der Waals surface area contributed by atoms with Crippen LogP contribution in [0.1, 0.15) is 106 Å². The topological polar surface area (TPSA) is 234 Å². The molecule has 0 unspecified atom stereocenters. The summed E-state index contributed by atoms with van der Waals surface area (Å²) in [5.74, 6) is -0.248. The number of carbonyl (C=O) groups is 1. The highest BCUT2D eigenvalue weighted by molar-refractivity contribution is 5.75. The molecule has 332 valence electrons. The van der Waals surface area contributed by atoms with Gasteiger partial charge in [-0.05, 0) is 104 Å². The molecule has 1 spiro atoms. The van der Waals surface area contributed by atoms with Gasteiger partial charge in [0.2, 0.25) is 0 Å². The molecular formula is C43H70O15. The number of hydrogen-bond donors (Lipinski definition) is 8. The van der Waals surface area contributed by atoms with Crippen molar-refractivity contribution in [1.29, 1.82) is 0 Å². The molecule has 0 aromatic heterocycles. The van der Waals surface area contributed by atoms with E-state index in [4.69, 9.17) is 28.4 Å². The van der Waals surface area contributed by atoms with E-state index in [1.54, 1.807) is 0 Å². The monoisotopic (exact) mass is 826 g/mol. The molecule has 2 bridgehead atoms. The first-order valence-electron chi connectivity index (χ1n) is 21.8. The van der Waals surface area contributed by atoms with Crippen LogP contribution in [0.15, 0.2) is 0 Å². The molecule has 3 aliphatic heterocycles. The Morgan fingerprint density at radius 3 is 2.09 bits per heavy atom. The molecule has 21 atom stereocenters. The number of rotatable bonds is 7. The van der Waals surface area contributed by atoms with Crippen LogP contribution in [0, 0.1) is 50.2 Å². The SMILES string of the molecule is COC(=O)[C@H]1O[C@@H](O[C@H]2CC[C@@]3(C)[C@H](CC[C@]4(C)[C@@H]3CC[C@@]35OC[C@@]6(CC[C@@](C)(CO)C[C@@H]63)[C@H](O)C[C@@]45C)C2(C)C)[C@H](O[C@@H]2O[C@H](CO)[C@@H](O)[C@H](O)[C@H]2O)[C@@H](O)[C@@H]1O. The van der Waals surface area contributed by atoms with Crippen molar-refractivity contribution in [3.63, 3.8) is 0 Å². The maximum atomic E-state index is 12.8. The largest absolute Gasteiger partial charge is 0.467 e. The second-order valence-corrected chi connectivity index (χ2v) is 21.5. The molecule has 8 aliphatic rings. The van der Waals surface area contributed by atoms with Gasteiger partial charge in [0.15, 0.2) is 18.7 Å². The quantitative estimate of drug-likeness (QED) is 0.133. The maximum absolute atomic E-state index is 12.8. The molecule has 8 rings (SSSR count). The Bertz CT molecular complexity index is 1560. The first-order valence-corrected chi connectivity index (χ1v) is 21.8. The van der Waals surface area contributed by atoms with E-state index >= 15 is 0 Å². The summed E-state index contributed by atoms with van der Waals surface area (Å²) >= 11 is 0. The molecule has 0 radical (unpaired) electrons. The highest BCUT2D eigenvalue weighted by atomic mass is 16.8. The van der Waals surface area contributed by atoms with Crippen molar-refractivity contribution in [3.05, 3.63) is 0 Å². The fourth-order valence-corrected chi connectivity index (χ4v) is 15.2. The summed E-state index contributed by atoms with van der Waals surface area (Å²) < 4.78 is 36.5. The Kier molecular flexibility index (Phi) is 10.9. The number of esters is 1. The summed E-state index contributed by atoms with van der Waals surface area (Å²) in [6.07, 6.45) is -8.85. The number of methoxy groups -OCH3 is 1. The van der Waals surface area contributed by atoms with Gasteiger partial charge in [-0.25, -0.2) is 4.79 Å². The zero-order valence-corrected chi connectivity index (χ0v) is 35.3. The average molecular weight is 827 g/mol. The minimum Gasteiger partial charge on any atom is -0.467 e. The highest BCUT2D eigenvalue weighted by Gasteiger charge is 2.80. The Morgan fingerprint density at radius 1 is 0.707 bits per heavy atom. The second-order valence-electron chi connectivity index (χ2n) is 21.5. The second kappa shape index (κ2) is 14.5. The number of carbonyl (C=O) groups excluding carboxylic acids is 1. The summed E-state index contributed by atoms with van der Waals surface area (Å²) in [6.45, 7) is 13.9. The van der Waals surface area contributed by atoms with Crippen LogP contribution in [0.25, 0.3) is 0 Å². The van der Waals surface area contributed by atoms with Crippen LogP contribution in [-0.4, -0.2) is 153 Å². The number of fused-ring (bicyclic) bond motifs is 4. The van der Waals surface area contributed by atoms with Crippen molar-refractivity contribution < 1.29 is 74.1 Å². The first kappa shape index (κ1) is 43.6. The number of aliphatic hydroxyl groups is 8. The van der Waals surface area contributed by atoms with E-state index < -0.39 is 91.6 Å². The number of hydrogen-bond acceptors (Lipinski definition) is 15. The molecule has 0 aromatic rings. The number of aliphatic hydroxyl groups excluding tert-OH is 8. The predicted octanol–water partition coefficient (Wildman–Crippen LogP) is 1.15. The van der Waals surface area contributed by atoms with Gasteiger partial charge in [0.25, 0.3) is 0 Å². The van der Waals surface area contributed by atoms with Crippen LogP contribution in [0.3, 0.4) is 0 Å². The molecule has 15 nitrogen and oxygen atoms in total. The van der Waals surface area contributed by atoms with Crippen molar-refractivity contribution in [2.75, 3.05) is 26.9 Å². The molecule has 0 amide bonds. The van der Waals surface area contributed by atoms with Gasteiger partial charge in [0.05, 0.1) is 38.1 Å². The van der Waals surface area contributed by atoms with Crippen molar-refractivity contribution in [2.45, 2.75) is 185 Å². The zero-order chi connectivity index (χ0) is 42.2. The smallest absolute Gasteiger partial charge is 0.337 e. The molecule has 0 aromatic carbocycles. The molecule has 5 saturated carbocycles. The lowest BCUT2D eigenvalue weighted by Gasteiger charge is -2.75. The van der Waals surface area contributed by atoms with E-state index in [1.807, 2.05) is 0 Å². The van der Waals surface area contributed by atoms with Crippen molar-refractivity contribution in [1.82, 2.24) is 0 Å². The molecule has 3 heterocycles. The summed E-state index contributed by atoms with van der Waals surface area (Å²) in [5, 5.41) is 86.6. The van der Waals surface area contributed by atoms with Crippen LogP contribution in [-0.2, 0) is 33.2 Å². The van der Waals surface area contributed by atoms with Gasteiger partial charge in [0.1, 0.15) is 42.7 Å². The minimum absolute atomic E-state index is 0.116. The fraction of sp³-hybridized carbons (Fsp3) is 0.977. The van der Waals surface area contributed by atoms with Crippen LogP contribution in [0.5, 0.6) is 0 Å². The van der Waals surface area contributed by atoms with Crippen LogP contribution < -0.4 is 0 Å². The lowest BCUT2D eigenvalue weighted by Crippen LogP contribution is -2.74. The third-order valence-corrected chi connectivity index (χ3v) is 18.8. The van der Waals surface area contributed by atoms with Crippen molar-refractivity contribution in [2.24, 2.45) is 50.2 Å². The van der Waals surface area contributed by atoms with E-state index in [1.165, 1.54) is 0 Å². The highest BCUT2D eigenvalue weighted by Crippen LogP contribution is 2.80. The molecule has 8 fully saturated rings. The van der Waals surface area contributed by atoms with Gasteiger partial charge in [-0.15, -0.1) is 0 Å². The van der Waals surface area contributed by atoms with Crippen LogP contribution >= 0.6 is 0 Å². The molecular weight excluding hydrogens is 756 g/mol. The van der Waals surface area contributed by atoms with E-state index in [0.29, 0.717) is 25.4 Å². The molecule has 5 aliphatic carbocycles. The van der Waals surface area contributed by atoms with Crippen LogP contribution in [0.4, 0.5) is 0 Å². The third kappa shape index (κ3) is 5.81. The Hall–Kier alpha value is -1.05. The van der Waals surface area contributed by atoms with Crippen molar-refractivity contribution >= 4 is 5.97 Å². The van der Waals surface area contributed by atoms with Gasteiger partial charge in [-0.3, -0.25) is 0 Å². The van der Waals surface area contributed by atoms with Gasteiger partial charge in [-0.1, -0.05) is 41.5 Å². The standard InChI is InChI=1S/C43H70O15/c1-37(2)22-8-12-40(5)23(9-13-43-24-16-38(3,19-45)14-15-42(24,20-54-43)25(46)17-41(40,43)6)39(22,4)11-10-26(37)56-36-33(30(50)29(49)32(57-36)34(52)53-7)58-35-31(51)28(48)27(47)21(18-44)55-35/h21-33,35-36,44-51H,8-20H2,1-7H3/t21-,22-,23-,24+,25-,26+,27-,28+,29+,30+,31-,32+,33-,35+,36-,38-,39+,40-,41+,42-,43-/m1/s1. The van der Waals surface area contributed by atoms with Gasteiger partial charge >= 0.3 is 5.97 Å². The van der Waals surface area contributed by atoms with Gasteiger partial charge in [0, 0.05) is 17.4 Å². The van der Waals surface area contributed by atoms with E-state index in [-0.39, 0.29) is 51.1 Å². The Balaban J connectivity index is 1.06. The maximum Gasteiger partial charge on any atom is 0.337 e. The fourth-order valence-electron chi connectivity index (χ4n) is 15.2.